The molecule has 1 atom stereocenters. The van der Waals surface area contributed by atoms with Crippen LogP contribution in [-0.2, 0) is 9.59 Å². The molecule has 5 heteroatoms. The fourth-order valence-electron chi connectivity index (χ4n) is 4.61. The average Bonchev–Trinajstić information content (AvgIpc) is 3.23. The summed E-state index contributed by atoms with van der Waals surface area (Å²) in [5, 5.41) is 2.99. The Balaban J connectivity index is 1.28. The lowest BCUT2D eigenvalue weighted by molar-refractivity contribution is -0.135. The summed E-state index contributed by atoms with van der Waals surface area (Å²) in [6.07, 6.45) is 3.70. The normalized spacial score (nSPS) is 20.3. The van der Waals surface area contributed by atoms with Crippen LogP contribution in [0.1, 0.15) is 42.9 Å². The number of anilines is 1. The number of nitrogens with one attached hydrogen (secondary N) is 1. The van der Waals surface area contributed by atoms with Crippen LogP contribution in [0.15, 0.2) is 54.6 Å². The number of likely N-dealkylation sites (tertiary alicyclic amines) is 2. The van der Waals surface area contributed by atoms with E-state index in [0.29, 0.717) is 25.7 Å². The summed E-state index contributed by atoms with van der Waals surface area (Å²) in [6, 6.07) is 18.6. The van der Waals surface area contributed by atoms with Crippen molar-refractivity contribution in [3.8, 4) is 0 Å². The molecule has 30 heavy (non-hydrogen) atoms. The van der Waals surface area contributed by atoms with Gasteiger partial charge in [-0.1, -0.05) is 48.0 Å². The highest BCUT2D eigenvalue weighted by Gasteiger charge is 2.31. The predicted molar refractivity (Wildman–Crippen MR) is 119 cm³/mol. The molecule has 2 amide bonds. The molecular formula is C25H31N3O2. The summed E-state index contributed by atoms with van der Waals surface area (Å²) >= 11 is 0. The van der Waals surface area contributed by atoms with Crippen molar-refractivity contribution >= 4 is 17.5 Å². The minimum absolute atomic E-state index is 0.0265. The van der Waals surface area contributed by atoms with Crippen LogP contribution in [0.2, 0.25) is 0 Å². The molecule has 5 nitrogen and oxygen atoms in total. The third-order valence-electron chi connectivity index (χ3n) is 6.42. The molecule has 0 radical (unpaired) electrons. The van der Waals surface area contributed by atoms with E-state index < -0.39 is 0 Å². The Morgan fingerprint density at radius 1 is 0.933 bits per heavy atom. The van der Waals surface area contributed by atoms with Gasteiger partial charge in [-0.05, 0) is 56.8 Å². The third kappa shape index (κ3) is 4.90. The topological polar surface area (TPSA) is 52.7 Å². The van der Waals surface area contributed by atoms with E-state index in [2.05, 4.69) is 41.4 Å². The minimum Gasteiger partial charge on any atom is -0.342 e. The Morgan fingerprint density at radius 3 is 2.33 bits per heavy atom. The van der Waals surface area contributed by atoms with Gasteiger partial charge in [0.15, 0.2) is 0 Å². The van der Waals surface area contributed by atoms with Gasteiger partial charge in [0.2, 0.25) is 11.8 Å². The third-order valence-corrected chi connectivity index (χ3v) is 6.42. The molecule has 2 aromatic rings. The van der Waals surface area contributed by atoms with Gasteiger partial charge in [0.1, 0.15) is 0 Å². The summed E-state index contributed by atoms with van der Waals surface area (Å²) in [5.41, 5.74) is 3.40. The van der Waals surface area contributed by atoms with Crippen LogP contribution in [0, 0.1) is 12.8 Å². The number of rotatable bonds is 5. The van der Waals surface area contributed by atoms with E-state index in [1.807, 2.05) is 35.2 Å². The SMILES string of the molecule is Cc1ccc(C2CCCN2CC(=O)N2CCC(C(=O)Nc3ccccc3)CC2)cc1. The van der Waals surface area contributed by atoms with Crippen LogP contribution in [0.25, 0.3) is 0 Å². The number of aryl methyl sites for hydroxylation is 1. The van der Waals surface area contributed by atoms with Crippen molar-refractivity contribution in [3.05, 3.63) is 65.7 Å². The number of para-hydroxylation sites is 1. The number of carbonyl (C=O) groups is 2. The lowest BCUT2D eigenvalue weighted by atomic mass is 9.95. The van der Waals surface area contributed by atoms with Gasteiger partial charge in [0.05, 0.1) is 6.54 Å². The maximum atomic E-state index is 12.9. The Hall–Kier alpha value is -2.66. The summed E-state index contributed by atoms with van der Waals surface area (Å²) in [6.45, 7) is 4.87. The lowest BCUT2D eigenvalue weighted by Crippen LogP contribution is -2.45. The van der Waals surface area contributed by atoms with Crippen LogP contribution in [0.5, 0.6) is 0 Å². The predicted octanol–water partition coefficient (Wildman–Crippen LogP) is 4.01. The van der Waals surface area contributed by atoms with Crippen LogP contribution in [0.3, 0.4) is 0 Å². The molecule has 2 aliphatic heterocycles. The summed E-state index contributed by atoms with van der Waals surface area (Å²) in [5.74, 6) is 0.226. The number of amides is 2. The fraction of sp³-hybridized carbons (Fsp3) is 0.440. The number of hydrogen-bond donors (Lipinski definition) is 1. The molecule has 0 saturated carbocycles. The monoisotopic (exact) mass is 405 g/mol. The first-order valence-corrected chi connectivity index (χ1v) is 11.0. The van der Waals surface area contributed by atoms with Gasteiger partial charge in [-0.3, -0.25) is 14.5 Å². The van der Waals surface area contributed by atoms with Crippen molar-refractivity contribution in [2.24, 2.45) is 5.92 Å². The quantitative estimate of drug-likeness (QED) is 0.818. The summed E-state index contributed by atoms with van der Waals surface area (Å²) in [4.78, 5) is 29.7. The highest BCUT2D eigenvalue weighted by Crippen LogP contribution is 2.32. The zero-order valence-corrected chi connectivity index (χ0v) is 17.7. The van der Waals surface area contributed by atoms with Gasteiger partial charge >= 0.3 is 0 Å². The molecule has 0 aliphatic carbocycles. The van der Waals surface area contributed by atoms with Crippen LogP contribution in [0.4, 0.5) is 5.69 Å². The van der Waals surface area contributed by atoms with Crippen molar-refractivity contribution in [2.45, 2.75) is 38.6 Å². The Morgan fingerprint density at radius 2 is 1.63 bits per heavy atom. The fourth-order valence-corrected chi connectivity index (χ4v) is 4.61. The van der Waals surface area contributed by atoms with Crippen molar-refractivity contribution in [2.75, 3.05) is 31.5 Å². The first-order valence-electron chi connectivity index (χ1n) is 11.0. The molecule has 0 spiro atoms. The largest absolute Gasteiger partial charge is 0.342 e. The molecule has 0 bridgehead atoms. The lowest BCUT2D eigenvalue weighted by Gasteiger charge is -2.33. The molecule has 2 fully saturated rings. The molecule has 2 saturated heterocycles. The molecule has 2 aromatic carbocycles. The molecule has 2 aliphatic rings. The first kappa shape index (κ1) is 20.6. The van der Waals surface area contributed by atoms with Crippen molar-refractivity contribution in [3.63, 3.8) is 0 Å². The van der Waals surface area contributed by atoms with Gasteiger partial charge in [-0.25, -0.2) is 0 Å². The van der Waals surface area contributed by atoms with Gasteiger partial charge in [0, 0.05) is 30.7 Å². The van der Waals surface area contributed by atoms with E-state index in [-0.39, 0.29) is 17.7 Å². The van der Waals surface area contributed by atoms with E-state index in [4.69, 9.17) is 0 Å². The van der Waals surface area contributed by atoms with Crippen LogP contribution in [-0.4, -0.2) is 47.8 Å². The minimum atomic E-state index is -0.0265. The molecule has 1 N–H and O–H groups in total. The van der Waals surface area contributed by atoms with Gasteiger partial charge < -0.3 is 10.2 Å². The molecule has 158 valence electrons. The maximum absolute atomic E-state index is 12.9. The van der Waals surface area contributed by atoms with E-state index in [0.717, 1.165) is 37.9 Å². The van der Waals surface area contributed by atoms with Gasteiger partial charge in [-0.2, -0.15) is 0 Å². The second-order valence-corrected chi connectivity index (χ2v) is 8.55. The highest BCUT2D eigenvalue weighted by molar-refractivity contribution is 5.92. The second kappa shape index (κ2) is 9.43. The van der Waals surface area contributed by atoms with Crippen molar-refractivity contribution < 1.29 is 9.59 Å². The van der Waals surface area contributed by atoms with Crippen molar-refractivity contribution in [1.29, 1.82) is 0 Å². The summed E-state index contributed by atoms with van der Waals surface area (Å²) < 4.78 is 0. The highest BCUT2D eigenvalue weighted by atomic mass is 16.2. The Labute approximate surface area is 179 Å². The van der Waals surface area contributed by atoms with Gasteiger partial charge in [-0.15, -0.1) is 0 Å². The second-order valence-electron chi connectivity index (χ2n) is 8.55. The molecule has 2 heterocycles. The van der Waals surface area contributed by atoms with E-state index in [9.17, 15) is 9.59 Å². The molecule has 1 unspecified atom stereocenters. The Kier molecular flexibility index (Phi) is 6.48. The van der Waals surface area contributed by atoms with E-state index >= 15 is 0 Å². The van der Waals surface area contributed by atoms with Crippen molar-refractivity contribution in [1.82, 2.24) is 9.80 Å². The van der Waals surface area contributed by atoms with E-state index in [1.54, 1.807) is 0 Å². The Bertz CT molecular complexity index is 858. The van der Waals surface area contributed by atoms with Crippen LogP contribution >= 0.6 is 0 Å². The zero-order chi connectivity index (χ0) is 20.9. The maximum Gasteiger partial charge on any atom is 0.236 e. The number of piperidine rings is 1. The van der Waals surface area contributed by atoms with E-state index in [1.165, 1.54) is 11.1 Å². The number of benzene rings is 2. The van der Waals surface area contributed by atoms with Crippen LogP contribution < -0.4 is 5.32 Å². The number of nitrogens with zero attached hydrogens (tertiary/aromatic N) is 2. The molecule has 4 rings (SSSR count). The number of carbonyl (C=O) groups excluding carboxylic acids is 2. The van der Waals surface area contributed by atoms with Gasteiger partial charge in [0.25, 0.3) is 0 Å². The summed E-state index contributed by atoms with van der Waals surface area (Å²) in [7, 11) is 0. The standard InChI is InChI=1S/C25H31N3O2/c1-19-9-11-20(12-10-19)23-8-5-15-28(23)18-24(29)27-16-13-21(14-17-27)25(30)26-22-6-3-2-4-7-22/h2-4,6-7,9-12,21,23H,5,8,13-18H2,1H3,(H,26,30). The average molecular weight is 406 g/mol. The molecular weight excluding hydrogens is 374 g/mol. The number of hydrogen-bond acceptors (Lipinski definition) is 3. The molecule has 0 aromatic heterocycles. The smallest absolute Gasteiger partial charge is 0.236 e. The zero-order valence-electron chi connectivity index (χ0n) is 17.7. The first-order chi connectivity index (χ1) is 14.6.